The highest BCUT2D eigenvalue weighted by molar-refractivity contribution is 7.92. The van der Waals surface area contributed by atoms with E-state index in [9.17, 15) is 13.2 Å². The molecule has 2 aromatic rings. The summed E-state index contributed by atoms with van der Waals surface area (Å²) in [5.74, 6) is 0.120. The lowest BCUT2D eigenvalue weighted by Gasteiger charge is -2.41. The van der Waals surface area contributed by atoms with Crippen LogP contribution in [0.4, 0.5) is 11.6 Å². The molecule has 1 aromatic carbocycles. The number of nitrogens with zero attached hydrogens (tertiary/aromatic N) is 4. The van der Waals surface area contributed by atoms with Crippen molar-refractivity contribution in [1.82, 2.24) is 14.9 Å². The summed E-state index contributed by atoms with van der Waals surface area (Å²) in [6.07, 6.45) is 3.18. The van der Waals surface area contributed by atoms with Gasteiger partial charge in [0.2, 0.25) is 11.9 Å². The Morgan fingerprint density at radius 1 is 1.06 bits per heavy atom. The van der Waals surface area contributed by atoms with Crippen LogP contribution in [0, 0.1) is 5.41 Å². The second kappa shape index (κ2) is 8.32. The number of morpholine rings is 1. The van der Waals surface area contributed by atoms with Crippen molar-refractivity contribution in [2.24, 2.45) is 5.41 Å². The van der Waals surface area contributed by atoms with Gasteiger partial charge in [0.15, 0.2) is 9.84 Å². The van der Waals surface area contributed by atoms with Crippen LogP contribution >= 0.6 is 0 Å². The molecule has 0 saturated carbocycles. The van der Waals surface area contributed by atoms with E-state index in [1.165, 1.54) is 0 Å². The molecule has 2 fully saturated rings. The molecular formula is C22H29N5O4S. The van der Waals surface area contributed by atoms with E-state index in [1.54, 1.807) is 29.4 Å². The lowest BCUT2D eigenvalue weighted by Crippen LogP contribution is -2.59. The quantitative estimate of drug-likeness (QED) is 0.732. The van der Waals surface area contributed by atoms with Crippen LogP contribution in [-0.2, 0) is 19.4 Å². The van der Waals surface area contributed by atoms with Crippen molar-refractivity contribution < 1.29 is 17.9 Å². The molecule has 4 rings (SSSR count). The maximum absolute atomic E-state index is 13.5. The fourth-order valence-electron chi connectivity index (χ4n) is 3.87. The van der Waals surface area contributed by atoms with Crippen molar-refractivity contribution >= 4 is 27.4 Å². The Hall–Kier alpha value is -2.72. The van der Waals surface area contributed by atoms with Gasteiger partial charge >= 0.3 is 0 Å². The summed E-state index contributed by atoms with van der Waals surface area (Å²) in [6.45, 7) is 8.46. The SMILES string of the molecule is CC(C)(C)C(=O)N1CC(S(=O)(=O)c2cc(-c3cnc(N)nc3)cc(N3CCOCC3)c2)C1. The number of nitrogen functional groups attached to an aromatic ring is 1. The number of carbonyl (C=O) groups is 1. The Kier molecular flexibility index (Phi) is 5.85. The van der Waals surface area contributed by atoms with Gasteiger partial charge in [-0.15, -0.1) is 0 Å². The van der Waals surface area contributed by atoms with Crippen molar-refractivity contribution in [2.75, 3.05) is 50.0 Å². The molecule has 2 aliphatic heterocycles. The maximum atomic E-state index is 13.5. The van der Waals surface area contributed by atoms with Crippen molar-refractivity contribution in [3.05, 3.63) is 30.6 Å². The fraction of sp³-hybridized carbons (Fsp3) is 0.500. The van der Waals surface area contributed by atoms with Gasteiger partial charge < -0.3 is 20.3 Å². The molecule has 1 amide bonds. The van der Waals surface area contributed by atoms with E-state index < -0.39 is 20.5 Å². The highest BCUT2D eigenvalue weighted by Crippen LogP contribution is 2.33. The van der Waals surface area contributed by atoms with E-state index in [0.717, 1.165) is 5.69 Å². The summed E-state index contributed by atoms with van der Waals surface area (Å²) < 4.78 is 32.4. The van der Waals surface area contributed by atoms with Gasteiger partial charge in [-0.25, -0.2) is 18.4 Å². The lowest BCUT2D eigenvalue weighted by molar-refractivity contribution is -0.142. The van der Waals surface area contributed by atoms with E-state index in [2.05, 4.69) is 14.9 Å². The number of likely N-dealkylation sites (tertiary alicyclic amines) is 1. The van der Waals surface area contributed by atoms with Crippen LogP contribution in [0.25, 0.3) is 11.1 Å². The average Bonchev–Trinajstić information content (AvgIpc) is 2.72. The van der Waals surface area contributed by atoms with Crippen molar-refractivity contribution in [3.8, 4) is 11.1 Å². The van der Waals surface area contributed by atoms with Crippen LogP contribution < -0.4 is 10.6 Å². The molecule has 2 saturated heterocycles. The number of rotatable bonds is 4. The molecule has 9 nitrogen and oxygen atoms in total. The van der Waals surface area contributed by atoms with E-state index in [0.29, 0.717) is 37.4 Å². The number of aromatic nitrogens is 2. The smallest absolute Gasteiger partial charge is 0.228 e. The van der Waals surface area contributed by atoms with Crippen LogP contribution in [0.5, 0.6) is 0 Å². The number of nitrogens with two attached hydrogens (primary N) is 1. The number of hydrogen-bond donors (Lipinski definition) is 1. The first-order valence-corrected chi connectivity index (χ1v) is 12.2. The second-order valence-electron chi connectivity index (χ2n) is 9.27. The summed E-state index contributed by atoms with van der Waals surface area (Å²) in [7, 11) is -3.63. The van der Waals surface area contributed by atoms with Crippen molar-refractivity contribution in [2.45, 2.75) is 30.9 Å². The zero-order valence-corrected chi connectivity index (χ0v) is 19.4. The molecular weight excluding hydrogens is 430 g/mol. The van der Waals surface area contributed by atoms with E-state index in [-0.39, 0.29) is 29.8 Å². The number of hydrogen-bond acceptors (Lipinski definition) is 8. The van der Waals surface area contributed by atoms with Crippen LogP contribution in [0.2, 0.25) is 0 Å². The number of ether oxygens (including phenoxy) is 1. The molecule has 0 atom stereocenters. The van der Waals surface area contributed by atoms with E-state index in [1.807, 2.05) is 26.8 Å². The van der Waals surface area contributed by atoms with Gasteiger partial charge in [-0.1, -0.05) is 20.8 Å². The molecule has 0 aliphatic carbocycles. The number of sulfone groups is 1. The third kappa shape index (κ3) is 4.42. The Balaban J connectivity index is 1.67. The molecule has 2 aliphatic rings. The topological polar surface area (TPSA) is 119 Å². The Bertz CT molecular complexity index is 1100. The minimum Gasteiger partial charge on any atom is -0.378 e. The number of benzene rings is 1. The summed E-state index contributed by atoms with van der Waals surface area (Å²) in [6, 6.07) is 5.31. The highest BCUT2D eigenvalue weighted by atomic mass is 32.2. The van der Waals surface area contributed by atoms with Gasteiger partial charge in [-0.3, -0.25) is 4.79 Å². The predicted molar refractivity (Wildman–Crippen MR) is 122 cm³/mol. The van der Waals surface area contributed by atoms with Crippen molar-refractivity contribution in [1.29, 1.82) is 0 Å². The first-order chi connectivity index (χ1) is 15.1. The summed E-state index contributed by atoms with van der Waals surface area (Å²) in [5, 5.41) is -0.621. The first-order valence-electron chi connectivity index (χ1n) is 10.6. The first kappa shape index (κ1) is 22.5. The molecule has 3 heterocycles. The van der Waals surface area contributed by atoms with Crippen LogP contribution in [0.3, 0.4) is 0 Å². The molecule has 1 aromatic heterocycles. The zero-order valence-electron chi connectivity index (χ0n) is 18.6. The van der Waals surface area contributed by atoms with Gasteiger partial charge in [0, 0.05) is 55.2 Å². The predicted octanol–water partition coefficient (Wildman–Crippen LogP) is 1.59. The molecule has 0 radical (unpaired) electrons. The summed E-state index contributed by atoms with van der Waals surface area (Å²) >= 11 is 0. The standard InChI is InChI=1S/C22H29N5O4S/c1-22(2,3)20(28)27-13-19(14-27)32(29,30)18-9-15(16-11-24-21(23)25-12-16)8-17(10-18)26-4-6-31-7-5-26/h8-12,19H,4-7,13-14H2,1-3H3,(H2,23,24,25). The monoisotopic (exact) mass is 459 g/mol. The number of amides is 1. The van der Waals surface area contributed by atoms with Crippen LogP contribution in [0.1, 0.15) is 20.8 Å². The fourth-order valence-corrected chi connectivity index (χ4v) is 5.59. The Morgan fingerprint density at radius 2 is 1.69 bits per heavy atom. The van der Waals surface area contributed by atoms with E-state index >= 15 is 0 Å². The number of carbonyl (C=O) groups excluding carboxylic acids is 1. The normalized spacial score (nSPS) is 17.8. The molecule has 0 bridgehead atoms. The van der Waals surface area contributed by atoms with Crippen LogP contribution in [0.15, 0.2) is 35.5 Å². The maximum Gasteiger partial charge on any atom is 0.228 e. The third-order valence-electron chi connectivity index (χ3n) is 5.82. The molecule has 10 heteroatoms. The second-order valence-corrected chi connectivity index (χ2v) is 11.5. The van der Waals surface area contributed by atoms with Gasteiger partial charge in [0.05, 0.1) is 18.1 Å². The average molecular weight is 460 g/mol. The lowest BCUT2D eigenvalue weighted by atomic mass is 9.93. The van der Waals surface area contributed by atoms with Gasteiger partial charge in [0.25, 0.3) is 0 Å². The zero-order chi connectivity index (χ0) is 23.1. The van der Waals surface area contributed by atoms with E-state index in [4.69, 9.17) is 10.5 Å². The molecule has 172 valence electrons. The Morgan fingerprint density at radius 3 is 2.28 bits per heavy atom. The van der Waals surface area contributed by atoms with Gasteiger partial charge in [-0.05, 0) is 23.8 Å². The minimum absolute atomic E-state index is 0.0364. The highest BCUT2D eigenvalue weighted by Gasteiger charge is 2.43. The molecule has 32 heavy (non-hydrogen) atoms. The van der Waals surface area contributed by atoms with Crippen molar-refractivity contribution in [3.63, 3.8) is 0 Å². The largest absolute Gasteiger partial charge is 0.378 e. The van der Waals surface area contributed by atoms with Gasteiger partial charge in [0.1, 0.15) is 5.25 Å². The molecule has 0 unspecified atom stereocenters. The minimum atomic E-state index is -3.63. The van der Waals surface area contributed by atoms with Gasteiger partial charge in [-0.2, -0.15) is 0 Å². The summed E-state index contributed by atoms with van der Waals surface area (Å²) in [4.78, 5) is 24.5. The number of anilines is 2. The third-order valence-corrected chi connectivity index (χ3v) is 7.89. The Labute approximate surface area is 188 Å². The molecule has 2 N–H and O–H groups in total. The van der Waals surface area contributed by atoms with Crippen LogP contribution in [-0.4, -0.2) is 73.8 Å². The summed E-state index contributed by atoms with van der Waals surface area (Å²) in [5.41, 5.74) is 7.27. The molecule has 0 spiro atoms.